The Morgan fingerprint density at radius 2 is 1.93 bits per heavy atom. The lowest BCUT2D eigenvalue weighted by Gasteiger charge is -2.32. The Balaban J connectivity index is 1.36. The van der Waals surface area contributed by atoms with Crippen molar-refractivity contribution >= 4 is 5.78 Å². The first-order valence-corrected chi connectivity index (χ1v) is 11.2. The minimum Gasteiger partial charge on any atom is -0.389 e. The van der Waals surface area contributed by atoms with Crippen LogP contribution in [0.2, 0.25) is 0 Å². The summed E-state index contributed by atoms with van der Waals surface area (Å²) in [6.07, 6.45) is 4.63. The van der Waals surface area contributed by atoms with Crippen molar-refractivity contribution in [3.8, 4) is 0 Å². The number of hydrogen-bond donors (Lipinski definition) is 1. The third-order valence-electron chi connectivity index (χ3n) is 5.95. The SMILES string of the molecule is CC(C)Cc1ccc(C(=O)C2CCN(CC(O)COCC3CCCO3)CC2)cc1. The maximum atomic E-state index is 12.8. The third-order valence-corrected chi connectivity index (χ3v) is 5.95. The fraction of sp³-hybridized carbons (Fsp3) is 0.708. The summed E-state index contributed by atoms with van der Waals surface area (Å²) in [5.41, 5.74) is 2.13. The second-order valence-corrected chi connectivity index (χ2v) is 9.06. The Morgan fingerprint density at radius 1 is 1.21 bits per heavy atom. The quantitative estimate of drug-likeness (QED) is 0.607. The van der Waals surface area contributed by atoms with Gasteiger partial charge in [0.2, 0.25) is 0 Å². The third kappa shape index (κ3) is 7.18. The lowest BCUT2D eigenvalue weighted by molar-refractivity contribution is -0.0271. The molecule has 2 aliphatic rings. The first kappa shape index (κ1) is 22.4. The van der Waals surface area contributed by atoms with Crippen LogP contribution in [0.5, 0.6) is 0 Å². The van der Waals surface area contributed by atoms with Crippen molar-refractivity contribution in [3.05, 3.63) is 35.4 Å². The highest BCUT2D eigenvalue weighted by Gasteiger charge is 2.27. The molecule has 0 spiro atoms. The molecule has 1 aromatic carbocycles. The molecule has 1 aromatic rings. The van der Waals surface area contributed by atoms with Gasteiger partial charge in [-0.05, 0) is 56.7 Å². The summed E-state index contributed by atoms with van der Waals surface area (Å²) in [5.74, 6) is 0.981. The fourth-order valence-electron chi connectivity index (χ4n) is 4.35. The van der Waals surface area contributed by atoms with E-state index in [4.69, 9.17) is 9.47 Å². The van der Waals surface area contributed by atoms with Crippen LogP contribution in [0, 0.1) is 11.8 Å². The summed E-state index contributed by atoms with van der Waals surface area (Å²) in [5, 5.41) is 10.2. The molecule has 5 nitrogen and oxygen atoms in total. The predicted molar refractivity (Wildman–Crippen MR) is 114 cm³/mol. The topological polar surface area (TPSA) is 59.0 Å². The molecule has 0 aliphatic carbocycles. The second-order valence-electron chi connectivity index (χ2n) is 9.06. The molecule has 2 heterocycles. The Labute approximate surface area is 175 Å². The number of hydrogen-bond acceptors (Lipinski definition) is 5. The maximum absolute atomic E-state index is 12.8. The van der Waals surface area contributed by atoms with Crippen LogP contribution in [0.1, 0.15) is 55.5 Å². The summed E-state index contributed by atoms with van der Waals surface area (Å²) in [6.45, 7) is 8.48. The Morgan fingerprint density at radius 3 is 2.55 bits per heavy atom. The summed E-state index contributed by atoms with van der Waals surface area (Å²) >= 11 is 0. The molecule has 0 bridgehead atoms. The first-order chi connectivity index (χ1) is 14.0. The molecule has 2 aliphatic heterocycles. The lowest BCUT2D eigenvalue weighted by Crippen LogP contribution is -2.41. The molecule has 1 N–H and O–H groups in total. The van der Waals surface area contributed by atoms with E-state index in [1.165, 1.54) is 5.56 Å². The number of nitrogens with zero attached hydrogens (tertiary/aromatic N) is 1. The van der Waals surface area contributed by atoms with Crippen molar-refractivity contribution in [1.82, 2.24) is 4.90 Å². The zero-order valence-corrected chi connectivity index (χ0v) is 18.0. The number of β-amino-alcohol motifs (C(OH)–C–C–N with tert-alkyl or cyclic N) is 1. The molecule has 0 aromatic heterocycles. The fourth-order valence-corrected chi connectivity index (χ4v) is 4.35. The molecule has 2 atom stereocenters. The van der Waals surface area contributed by atoms with Crippen LogP contribution >= 0.6 is 0 Å². The van der Waals surface area contributed by atoms with Crippen LogP contribution in [-0.2, 0) is 15.9 Å². The molecule has 3 rings (SSSR count). The average Bonchev–Trinajstić information content (AvgIpc) is 3.22. The highest BCUT2D eigenvalue weighted by molar-refractivity contribution is 5.97. The minimum absolute atomic E-state index is 0.0927. The second kappa shape index (κ2) is 11.2. The number of aliphatic hydroxyl groups excluding tert-OH is 1. The molecule has 2 saturated heterocycles. The van der Waals surface area contributed by atoms with Gasteiger partial charge in [0.25, 0.3) is 0 Å². The number of benzene rings is 1. The van der Waals surface area contributed by atoms with E-state index >= 15 is 0 Å². The molecule has 162 valence electrons. The van der Waals surface area contributed by atoms with Crippen LogP contribution < -0.4 is 0 Å². The smallest absolute Gasteiger partial charge is 0.166 e. The van der Waals surface area contributed by atoms with Gasteiger partial charge in [-0.2, -0.15) is 0 Å². The van der Waals surface area contributed by atoms with Crippen molar-refractivity contribution in [2.75, 3.05) is 39.5 Å². The van der Waals surface area contributed by atoms with Crippen LogP contribution in [0.4, 0.5) is 0 Å². The standard InChI is InChI=1S/C24H37NO4/c1-18(2)14-19-5-7-20(8-6-19)24(27)21-9-11-25(12-10-21)15-22(26)16-28-17-23-4-3-13-29-23/h5-8,18,21-23,26H,3-4,9-17H2,1-2H3. The van der Waals surface area contributed by atoms with Gasteiger partial charge in [-0.15, -0.1) is 0 Å². The van der Waals surface area contributed by atoms with Gasteiger partial charge in [0.05, 0.1) is 25.4 Å². The highest BCUT2D eigenvalue weighted by atomic mass is 16.5. The van der Waals surface area contributed by atoms with Crippen LogP contribution in [-0.4, -0.2) is 67.5 Å². The number of rotatable bonds is 10. The van der Waals surface area contributed by atoms with Gasteiger partial charge in [0.15, 0.2) is 5.78 Å². The van der Waals surface area contributed by atoms with Crippen molar-refractivity contribution in [3.63, 3.8) is 0 Å². The van der Waals surface area contributed by atoms with Crippen molar-refractivity contribution in [1.29, 1.82) is 0 Å². The molecule has 0 amide bonds. The summed E-state index contributed by atoms with van der Waals surface area (Å²) < 4.78 is 11.1. The zero-order valence-electron chi connectivity index (χ0n) is 18.0. The van der Waals surface area contributed by atoms with Gasteiger partial charge < -0.3 is 19.5 Å². The van der Waals surface area contributed by atoms with Gasteiger partial charge in [-0.25, -0.2) is 0 Å². The molecule has 2 fully saturated rings. The molecule has 5 heteroatoms. The largest absolute Gasteiger partial charge is 0.389 e. The van der Waals surface area contributed by atoms with Crippen molar-refractivity contribution < 1.29 is 19.4 Å². The minimum atomic E-state index is -0.489. The van der Waals surface area contributed by atoms with Crippen molar-refractivity contribution in [2.24, 2.45) is 11.8 Å². The highest BCUT2D eigenvalue weighted by Crippen LogP contribution is 2.23. The number of likely N-dealkylation sites (tertiary alicyclic amines) is 1. The number of Topliss-reactive ketones (excluding diaryl/α,β-unsaturated/α-hetero) is 1. The Bertz CT molecular complexity index is 616. The molecule has 0 saturated carbocycles. The van der Waals surface area contributed by atoms with E-state index in [0.29, 0.717) is 25.7 Å². The van der Waals surface area contributed by atoms with Crippen molar-refractivity contribution in [2.45, 2.75) is 58.2 Å². The summed E-state index contributed by atoms with van der Waals surface area (Å²) in [6, 6.07) is 8.16. The molecule has 0 radical (unpaired) electrons. The zero-order chi connectivity index (χ0) is 20.6. The van der Waals surface area contributed by atoms with E-state index in [1.54, 1.807) is 0 Å². The Kier molecular flexibility index (Phi) is 8.67. The molecule has 2 unspecified atom stereocenters. The monoisotopic (exact) mass is 403 g/mol. The van der Waals surface area contributed by atoms with E-state index in [2.05, 4.69) is 30.9 Å². The summed E-state index contributed by atoms with van der Waals surface area (Å²) in [4.78, 5) is 15.1. The van der Waals surface area contributed by atoms with Gasteiger partial charge in [0, 0.05) is 24.6 Å². The number of piperidine rings is 1. The Hall–Kier alpha value is -1.27. The lowest BCUT2D eigenvalue weighted by atomic mass is 9.88. The van der Waals surface area contributed by atoms with Crippen LogP contribution in [0.3, 0.4) is 0 Å². The molecule has 29 heavy (non-hydrogen) atoms. The number of carbonyl (C=O) groups is 1. The predicted octanol–water partition coefficient (Wildman–Crippen LogP) is 3.34. The van der Waals surface area contributed by atoms with Crippen LogP contribution in [0.25, 0.3) is 0 Å². The number of ketones is 1. The van der Waals surface area contributed by atoms with E-state index in [9.17, 15) is 9.90 Å². The number of ether oxygens (including phenoxy) is 2. The normalized spacial score (nSPS) is 22.3. The van der Waals surface area contributed by atoms with Gasteiger partial charge in [0.1, 0.15) is 0 Å². The van der Waals surface area contributed by atoms with Crippen LogP contribution in [0.15, 0.2) is 24.3 Å². The number of carbonyl (C=O) groups excluding carboxylic acids is 1. The van der Waals surface area contributed by atoms with Gasteiger partial charge in [-0.1, -0.05) is 38.1 Å². The first-order valence-electron chi connectivity index (χ1n) is 11.2. The van der Waals surface area contributed by atoms with E-state index in [-0.39, 0.29) is 17.8 Å². The van der Waals surface area contributed by atoms with E-state index in [1.807, 2.05) is 12.1 Å². The maximum Gasteiger partial charge on any atom is 0.166 e. The van der Waals surface area contributed by atoms with Gasteiger partial charge in [-0.3, -0.25) is 4.79 Å². The van der Waals surface area contributed by atoms with Gasteiger partial charge >= 0.3 is 0 Å². The summed E-state index contributed by atoms with van der Waals surface area (Å²) in [7, 11) is 0. The molecular weight excluding hydrogens is 366 g/mol. The number of aliphatic hydroxyl groups is 1. The van der Waals surface area contributed by atoms with E-state index in [0.717, 1.165) is 57.4 Å². The average molecular weight is 404 g/mol. The van der Waals surface area contributed by atoms with E-state index < -0.39 is 6.10 Å². The molecular formula is C24H37NO4.